The third kappa shape index (κ3) is 2.82. The number of fused-ring (bicyclic) bond motifs is 2. The molecule has 0 fully saturated rings. The van der Waals surface area contributed by atoms with Gasteiger partial charge in [-0.1, -0.05) is 23.5 Å². The van der Waals surface area contributed by atoms with Crippen molar-refractivity contribution in [3.05, 3.63) is 72.2 Å². The van der Waals surface area contributed by atoms with Crippen LogP contribution in [0.5, 0.6) is 0 Å². The van der Waals surface area contributed by atoms with E-state index < -0.39 is 0 Å². The van der Waals surface area contributed by atoms with E-state index in [4.69, 9.17) is 0 Å². The Balaban J connectivity index is 1.48. The lowest BCUT2D eigenvalue weighted by Crippen LogP contribution is -2.13. The number of nitrogens with one attached hydrogen (secondary N) is 2. The highest BCUT2D eigenvalue weighted by Gasteiger charge is 2.14. The van der Waals surface area contributed by atoms with E-state index in [1.165, 1.54) is 0 Å². The Morgan fingerprint density at radius 1 is 1.07 bits per heavy atom. The van der Waals surface area contributed by atoms with Gasteiger partial charge in [0.1, 0.15) is 15.4 Å². The minimum atomic E-state index is -0.164. The van der Waals surface area contributed by atoms with E-state index in [0.29, 0.717) is 5.56 Å². The molecule has 2 N–H and O–H groups in total. The summed E-state index contributed by atoms with van der Waals surface area (Å²) in [6, 6.07) is 15.1. The number of anilines is 1. The fraction of sp³-hybridized carbons (Fsp3) is 0.0476. The summed E-state index contributed by atoms with van der Waals surface area (Å²) in [7, 11) is 0. The summed E-state index contributed by atoms with van der Waals surface area (Å²) in [5.41, 5.74) is 5.84. The lowest BCUT2D eigenvalue weighted by Gasteiger charge is -2.11. The Bertz CT molecular complexity index is 1300. The lowest BCUT2D eigenvalue weighted by atomic mass is 10.1. The molecular weight excluding hydrogens is 370 g/mol. The van der Waals surface area contributed by atoms with Gasteiger partial charge < -0.3 is 10.3 Å². The fourth-order valence-electron chi connectivity index (χ4n) is 3.16. The van der Waals surface area contributed by atoms with Gasteiger partial charge in [-0.2, -0.15) is 0 Å². The molecule has 0 atom stereocenters. The summed E-state index contributed by atoms with van der Waals surface area (Å²) in [6.07, 6.45) is 3.39. The summed E-state index contributed by atoms with van der Waals surface area (Å²) in [5.74, 6) is -0.164. The first kappa shape index (κ1) is 16.6. The molecule has 0 bridgehead atoms. The number of hydrogen-bond donors (Lipinski definition) is 2. The maximum atomic E-state index is 12.8. The molecule has 0 aliphatic rings. The van der Waals surface area contributed by atoms with Crippen molar-refractivity contribution in [1.29, 1.82) is 0 Å². The zero-order valence-electron chi connectivity index (χ0n) is 14.9. The van der Waals surface area contributed by atoms with Gasteiger partial charge in [0.15, 0.2) is 0 Å². The number of thiazole rings is 1. The molecule has 5 aromatic rings. The topological polar surface area (TPSA) is 83.6 Å². The van der Waals surface area contributed by atoms with Gasteiger partial charge in [0.25, 0.3) is 5.91 Å². The van der Waals surface area contributed by atoms with E-state index in [1.54, 1.807) is 36.0 Å². The highest BCUT2D eigenvalue weighted by atomic mass is 32.1. The van der Waals surface area contributed by atoms with Crippen LogP contribution in [0.2, 0.25) is 0 Å². The molecule has 136 valence electrons. The minimum Gasteiger partial charge on any atom is -0.345 e. The zero-order valence-corrected chi connectivity index (χ0v) is 15.7. The molecule has 0 saturated heterocycles. The number of rotatable bonds is 3. The van der Waals surface area contributed by atoms with Crippen molar-refractivity contribution in [3.8, 4) is 10.6 Å². The van der Waals surface area contributed by atoms with Crippen molar-refractivity contribution in [3.63, 3.8) is 0 Å². The summed E-state index contributed by atoms with van der Waals surface area (Å²) >= 11 is 1.54. The number of carbonyl (C=O) groups is 1. The quantitative estimate of drug-likeness (QED) is 0.467. The van der Waals surface area contributed by atoms with Gasteiger partial charge in [-0.25, -0.2) is 15.0 Å². The molecule has 6 nitrogen and oxygen atoms in total. The molecule has 3 aromatic heterocycles. The third-order valence-corrected chi connectivity index (χ3v) is 5.67. The number of hydrogen-bond acceptors (Lipinski definition) is 5. The molecule has 0 radical (unpaired) electrons. The van der Waals surface area contributed by atoms with Crippen molar-refractivity contribution in [2.45, 2.75) is 6.92 Å². The molecule has 2 aromatic carbocycles. The maximum Gasteiger partial charge on any atom is 0.255 e. The fourth-order valence-corrected chi connectivity index (χ4v) is 4.15. The number of imidazole rings is 1. The average Bonchev–Trinajstić information content (AvgIpc) is 3.35. The summed E-state index contributed by atoms with van der Waals surface area (Å²) in [4.78, 5) is 29.9. The number of pyridine rings is 1. The number of aromatic nitrogens is 4. The minimum absolute atomic E-state index is 0.164. The van der Waals surface area contributed by atoms with Crippen LogP contribution in [0.15, 0.2) is 61.1 Å². The summed E-state index contributed by atoms with van der Waals surface area (Å²) in [5, 5.41) is 3.91. The monoisotopic (exact) mass is 385 g/mol. The molecule has 3 heterocycles. The van der Waals surface area contributed by atoms with Gasteiger partial charge in [-0.3, -0.25) is 4.79 Å². The number of amides is 1. The van der Waals surface area contributed by atoms with Crippen molar-refractivity contribution in [2.24, 2.45) is 0 Å². The molecular formula is C21H15N5OS. The van der Waals surface area contributed by atoms with Crippen LogP contribution in [0, 0.1) is 6.92 Å². The van der Waals surface area contributed by atoms with Crippen LogP contribution >= 0.6 is 11.3 Å². The second kappa shape index (κ2) is 6.54. The molecule has 5 rings (SSSR count). The standard InChI is InChI=1S/C21H15N5OS/c1-12-14(20-26-17-6-3-9-22-21(17)28-20)4-2-5-15(12)25-19(27)13-7-8-16-18(10-13)24-11-23-16/h2-11H,1H3,(H,23,24)(H,25,27). The van der Waals surface area contributed by atoms with Crippen LogP contribution in [0.25, 0.3) is 32.0 Å². The van der Waals surface area contributed by atoms with Crippen LogP contribution < -0.4 is 5.32 Å². The number of nitrogens with zero attached hydrogens (tertiary/aromatic N) is 3. The van der Waals surface area contributed by atoms with Crippen molar-refractivity contribution in [2.75, 3.05) is 5.32 Å². The number of carbonyl (C=O) groups excluding carboxylic acids is 1. The normalized spacial score (nSPS) is 11.2. The smallest absolute Gasteiger partial charge is 0.255 e. The second-order valence-electron chi connectivity index (χ2n) is 6.41. The van der Waals surface area contributed by atoms with Gasteiger partial charge in [0, 0.05) is 23.0 Å². The van der Waals surface area contributed by atoms with E-state index in [2.05, 4.69) is 25.3 Å². The third-order valence-electron chi connectivity index (χ3n) is 4.66. The molecule has 0 spiro atoms. The Kier molecular flexibility index (Phi) is 3.87. The Morgan fingerprint density at radius 3 is 2.89 bits per heavy atom. The van der Waals surface area contributed by atoms with Crippen LogP contribution in [0.1, 0.15) is 15.9 Å². The van der Waals surface area contributed by atoms with Gasteiger partial charge in [-0.05, 0) is 48.9 Å². The first-order chi connectivity index (χ1) is 13.7. The van der Waals surface area contributed by atoms with Crippen molar-refractivity contribution < 1.29 is 4.79 Å². The van der Waals surface area contributed by atoms with Gasteiger partial charge in [-0.15, -0.1) is 0 Å². The van der Waals surface area contributed by atoms with Crippen molar-refractivity contribution >= 4 is 44.3 Å². The molecule has 0 aliphatic heterocycles. The average molecular weight is 385 g/mol. The molecule has 28 heavy (non-hydrogen) atoms. The SMILES string of the molecule is Cc1c(NC(=O)c2ccc3nc[nH]c3c2)cccc1-c1nc2cccnc2s1. The molecule has 0 aliphatic carbocycles. The van der Waals surface area contributed by atoms with E-state index in [-0.39, 0.29) is 5.91 Å². The van der Waals surface area contributed by atoms with Crippen LogP contribution in [-0.2, 0) is 0 Å². The second-order valence-corrected chi connectivity index (χ2v) is 7.39. The van der Waals surface area contributed by atoms with Crippen LogP contribution in [0.3, 0.4) is 0 Å². The van der Waals surface area contributed by atoms with Crippen molar-refractivity contribution in [1.82, 2.24) is 19.9 Å². The number of H-pyrrole nitrogens is 1. The first-order valence-electron chi connectivity index (χ1n) is 8.75. The lowest BCUT2D eigenvalue weighted by molar-refractivity contribution is 0.102. The Hall–Kier alpha value is -3.58. The molecule has 0 saturated carbocycles. The van der Waals surface area contributed by atoms with Gasteiger partial charge in [0.2, 0.25) is 0 Å². The number of benzene rings is 2. The van der Waals surface area contributed by atoms with E-state index in [9.17, 15) is 4.79 Å². The molecule has 1 amide bonds. The number of aromatic amines is 1. The van der Waals surface area contributed by atoms with E-state index >= 15 is 0 Å². The Morgan fingerprint density at radius 2 is 2.00 bits per heavy atom. The predicted octanol–water partition coefficient (Wildman–Crippen LogP) is 4.80. The van der Waals surface area contributed by atoms with Crippen LogP contribution in [-0.4, -0.2) is 25.8 Å². The largest absolute Gasteiger partial charge is 0.345 e. The van der Waals surface area contributed by atoms with Gasteiger partial charge >= 0.3 is 0 Å². The molecule has 0 unspecified atom stereocenters. The maximum absolute atomic E-state index is 12.8. The highest BCUT2D eigenvalue weighted by Crippen LogP contribution is 2.33. The summed E-state index contributed by atoms with van der Waals surface area (Å²) < 4.78 is 0. The molecule has 7 heteroatoms. The van der Waals surface area contributed by atoms with E-state index in [1.807, 2.05) is 43.3 Å². The highest BCUT2D eigenvalue weighted by molar-refractivity contribution is 7.21. The zero-order chi connectivity index (χ0) is 19.1. The van der Waals surface area contributed by atoms with Crippen LogP contribution in [0.4, 0.5) is 5.69 Å². The predicted molar refractivity (Wildman–Crippen MR) is 112 cm³/mol. The Labute approximate surface area is 164 Å². The summed E-state index contributed by atoms with van der Waals surface area (Å²) in [6.45, 7) is 1.99. The van der Waals surface area contributed by atoms with E-state index in [0.717, 1.165) is 43.2 Å². The first-order valence-corrected chi connectivity index (χ1v) is 9.57. The van der Waals surface area contributed by atoms with Gasteiger partial charge in [0.05, 0.1) is 17.4 Å².